The van der Waals surface area contributed by atoms with Gasteiger partial charge < -0.3 is 4.90 Å². The predicted octanol–water partition coefficient (Wildman–Crippen LogP) is 8.23. The van der Waals surface area contributed by atoms with E-state index >= 15 is 0 Å². The molecule has 0 heterocycles. The van der Waals surface area contributed by atoms with Crippen LogP contribution in [0.3, 0.4) is 0 Å². The number of hydrogen-bond acceptors (Lipinski definition) is 9. The minimum absolute atomic E-state index is 0.0103. The van der Waals surface area contributed by atoms with Gasteiger partial charge in [-0.05, 0) is 118 Å². The highest BCUT2D eigenvalue weighted by atomic mass is 32.2. The number of sulfonamides is 2. The number of hydrogen-bond donors (Lipinski definition) is 3. The second-order valence-electron chi connectivity index (χ2n) is 17.2. The van der Waals surface area contributed by atoms with Crippen molar-refractivity contribution in [2.24, 2.45) is 27.8 Å². The minimum atomic E-state index is -4.03. The van der Waals surface area contributed by atoms with Crippen molar-refractivity contribution in [3.8, 4) is 0 Å². The molecule has 2 aliphatic carbocycles. The van der Waals surface area contributed by atoms with Crippen LogP contribution in [-0.2, 0) is 20.0 Å². The van der Waals surface area contributed by atoms with Crippen LogP contribution in [0.2, 0.25) is 0 Å². The number of fused-ring (bicyclic) bond motifs is 2. The summed E-state index contributed by atoms with van der Waals surface area (Å²) in [5.41, 5.74) is 2.65. The highest BCUT2D eigenvalue weighted by molar-refractivity contribution is 7.89. The van der Waals surface area contributed by atoms with Crippen LogP contribution in [0, 0.1) is 27.6 Å². The molecule has 3 N–H and O–H groups in total. The topological polar surface area (TPSA) is 148 Å². The highest BCUT2D eigenvalue weighted by Gasteiger charge is 2.37. The van der Waals surface area contributed by atoms with E-state index in [0.29, 0.717) is 35.7 Å². The van der Waals surface area contributed by atoms with Crippen molar-refractivity contribution in [3.05, 3.63) is 41.3 Å². The van der Waals surface area contributed by atoms with Crippen LogP contribution in [0.1, 0.15) is 92.9 Å². The Morgan fingerprint density at radius 3 is 1.69 bits per heavy atom. The standard InChI is InChI=1S/C38H57N5O6S2/c1-37(2,3)25-9-13-27(14-10-25)41-50(46,47)29-17-19-31-33(23-29)36(40-45)34-24-30(18-20-32(34)35(31)39-44)51(48,49)43(22-21-42(7)8)28-15-11-26(12-16-28)38(4,5)6/h17-20,23-28,39,41,44H,9-16,21-22H2,1-8H3. The van der Waals surface area contributed by atoms with Crippen molar-refractivity contribution in [3.63, 3.8) is 0 Å². The molecule has 2 saturated carbocycles. The molecule has 11 nitrogen and oxygen atoms in total. The summed E-state index contributed by atoms with van der Waals surface area (Å²) >= 11 is 0. The van der Waals surface area contributed by atoms with E-state index in [0.717, 1.165) is 51.4 Å². The fourth-order valence-electron chi connectivity index (χ4n) is 8.24. The van der Waals surface area contributed by atoms with E-state index in [1.807, 2.05) is 19.0 Å². The van der Waals surface area contributed by atoms with Crippen LogP contribution in [0.15, 0.2) is 51.4 Å². The van der Waals surface area contributed by atoms with Gasteiger partial charge in [-0.15, -0.1) is 4.91 Å². The minimum Gasteiger partial charge on any atom is -0.308 e. The maximum absolute atomic E-state index is 14.5. The molecule has 3 aromatic rings. The number of rotatable bonds is 11. The van der Waals surface area contributed by atoms with Crippen molar-refractivity contribution in [1.82, 2.24) is 13.9 Å². The second-order valence-corrected chi connectivity index (χ2v) is 20.8. The average molecular weight is 744 g/mol. The summed E-state index contributed by atoms with van der Waals surface area (Å²) in [5, 5.41) is 14.8. The Morgan fingerprint density at radius 1 is 0.725 bits per heavy atom. The van der Waals surface area contributed by atoms with Gasteiger partial charge in [-0.3, -0.25) is 10.7 Å². The number of likely N-dealkylation sites (N-methyl/N-ethyl adjacent to an activating group) is 1. The van der Waals surface area contributed by atoms with Gasteiger partial charge in [0.2, 0.25) is 20.0 Å². The molecule has 0 unspecified atom stereocenters. The predicted molar refractivity (Wildman–Crippen MR) is 205 cm³/mol. The van der Waals surface area contributed by atoms with Gasteiger partial charge >= 0.3 is 0 Å². The van der Waals surface area contributed by atoms with Gasteiger partial charge in [0.15, 0.2) is 0 Å². The number of nitrogens with zero attached hydrogens (tertiary/aromatic N) is 3. The molecule has 51 heavy (non-hydrogen) atoms. The van der Waals surface area contributed by atoms with Gasteiger partial charge in [0.05, 0.1) is 15.5 Å². The van der Waals surface area contributed by atoms with E-state index < -0.39 is 20.0 Å². The Hall–Kier alpha value is -2.68. The Morgan fingerprint density at radius 2 is 1.22 bits per heavy atom. The van der Waals surface area contributed by atoms with Crippen LogP contribution in [-0.4, -0.2) is 70.5 Å². The molecular formula is C38H57N5O6S2. The zero-order valence-corrected chi connectivity index (χ0v) is 33.1. The van der Waals surface area contributed by atoms with Crippen LogP contribution in [0.5, 0.6) is 0 Å². The van der Waals surface area contributed by atoms with E-state index in [1.54, 1.807) is 10.4 Å². The first kappa shape index (κ1) is 39.5. The summed E-state index contributed by atoms with van der Waals surface area (Å²) in [6, 6.07) is 8.49. The third kappa shape index (κ3) is 8.44. The molecule has 0 aliphatic heterocycles. The molecule has 0 aromatic heterocycles. The van der Waals surface area contributed by atoms with Crippen LogP contribution in [0.4, 0.5) is 11.4 Å². The number of anilines is 1. The normalized spacial score (nSPS) is 22.6. The lowest BCUT2D eigenvalue weighted by Crippen LogP contribution is -2.46. The number of nitroso groups, excluding NO2 is 1. The molecule has 2 fully saturated rings. The van der Waals surface area contributed by atoms with Crippen molar-refractivity contribution >= 4 is 53.0 Å². The SMILES string of the molecule is CN(C)CCN(C1CCC(C(C)(C)C)CC1)S(=O)(=O)c1ccc2c(NO)c3ccc(S(=O)(=O)NC4CCC(C(C)(C)C)CC4)cc3c(N=O)c2c1. The van der Waals surface area contributed by atoms with Crippen molar-refractivity contribution in [2.45, 2.75) is 115 Å². The summed E-state index contributed by atoms with van der Waals surface area (Å²) in [5.74, 6) is 1.04. The van der Waals surface area contributed by atoms with Crippen LogP contribution in [0.25, 0.3) is 21.5 Å². The van der Waals surface area contributed by atoms with Gasteiger partial charge in [0.25, 0.3) is 0 Å². The molecular weight excluding hydrogens is 687 g/mol. The zero-order chi connectivity index (χ0) is 37.5. The largest absolute Gasteiger partial charge is 0.308 e. The molecule has 282 valence electrons. The lowest BCUT2D eigenvalue weighted by atomic mass is 9.71. The first-order valence-corrected chi connectivity index (χ1v) is 21.2. The maximum Gasteiger partial charge on any atom is 0.243 e. The van der Waals surface area contributed by atoms with E-state index in [2.05, 4.69) is 56.9 Å². The first-order chi connectivity index (χ1) is 23.8. The van der Waals surface area contributed by atoms with E-state index in [4.69, 9.17) is 0 Å². The summed E-state index contributed by atoms with van der Waals surface area (Å²) in [6.45, 7) is 14.2. The third-order valence-electron chi connectivity index (χ3n) is 11.5. The summed E-state index contributed by atoms with van der Waals surface area (Å²) in [7, 11) is -4.17. The molecule has 2 aliphatic rings. The zero-order valence-electron chi connectivity index (χ0n) is 31.5. The van der Waals surface area contributed by atoms with Crippen molar-refractivity contribution in [1.29, 1.82) is 0 Å². The van der Waals surface area contributed by atoms with Crippen LogP contribution >= 0.6 is 0 Å². The monoisotopic (exact) mass is 743 g/mol. The van der Waals surface area contributed by atoms with Gasteiger partial charge in [-0.1, -0.05) is 53.7 Å². The smallest absolute Gasteiger partial charge is 0.243 e. The Bertz CT molecular complexity index is 1950. The highest BCUT2D eigenvalue weighted by Crippen LogP contribution is 2.45. The molecule has 0 spiro atoms. The molecule has 3 aromatic carbocycles. The Kier molecular flexibility index (Phi) is 11.6. The van der Waals surface area contributed by atoms with E-state index in [-0.39, 0.29) is 54.9 Å². The van der Waals surface area contributed by atoms with Crippen molar-refractivity contribution in [2.75, 3.05) is 32.7 Å². The molecule has 0 radical (unpaired) electrons. The second kappa shape index (κ2) is 15.0. The summed E-state index contributed by atoms with van der Waals surface area (Å²) in [4.78, 5) is 14.5. The Balaban J connectivity index is 1.53. The molecule has 13 heteroatoms. The Labute approximate surface area is 304 Å². The quantitative estimate of drug-likeness (QED) is 0.101. The molecule has 0 saturated heterocycles. The van der Waals surface area contributed by atoms with Gasteiger partial charge in [-0.25, -0.2) is 21.6 Å². The van der Waals surface area contributed by atoms with Crippen LogP contribution < -0.4 is 10.2 Å². The van der Waals surface area contributed by atoms with Gasteiger partial charge in [0, 0.05) is 46.7 Å². The maximum atomic E-state index is 14.5. The summed E-state index contributed by atoms with van der Waals surface area (Å²) < 4.78 is 60.8. The fourth-order valence-corrected chi connectivity index (χ4v) is 11.3. The number of benzene rings is 3. The van der Waals surface area contributed by atoms with E-state index in [9.17, 15) is 26.9 Å². The van der Waals surface area contributed by atoms with E-state index in [1.165, 1.54) is 30.3 Å². The van der Waals surface area contributed by atoms with Crippen molar-refractivity contribution < 1.29 is 22.0 Å². The molecule has 5 rings (SSSR count). The van der Waals surface area contributed by atoms with Gasteiger partial charge in [0.1, 0.15) is 5.69 Å². The van der Waals surface area contributed by atoms with Gasteiger partial charge in [-0.2, -0.15) is 4.31 Å². The fraction of sp³-hybridized carbons (Fsp3) is 0.632. The first-order valence-electron chi connectivity index (χ1n) is 18.2. The average Bonchev–Trinajstić information content (AvgIpc) is 3.06. The number of nitrogens with one attached hydrogen (secondary N) is 2. The summed E-state index contributed by atoms with van der Waals surface area (Å²) in [6.07, 6.45) is 6.73. The molecule has 0 atom stereocenters. The molecule has 0 bridgehead atoms. The lowest BCUT2D eigenvalue weighted by molar-refractivity contribution is 0.131. The third-order valence-corrected chi connectivity index (χ3v) is 15.0. The molecule has 0 amide bonds. The lowest BCUT2D eigenvalue weighted by Gasteiger charge is -2.40.